The van der Waals surface area contributed by atoms with Crippen LogP contribution in [-0.4, -0.2) is 19.6 Å². The maximum absolute atomic E-state index is 6.42. The molecular weight excluding hydrogens is 296 g/mol. The van der Waals surface area contributed by atoms with Crippen molar-refractivity contribution >= 4 is 28.3 Å². The first kappa shape index (κ1) is 13.2. The molecule has 3 heterocycles. The smallest absolute Gasteiger partial charge is 0.166 e. The zero-order valence-corrected chi connectivity index (χ0v) is 13.0. The van der Waals surface area contributed by atoms with Crippen molar-refractivity contribution in [3.05, 3.63) is 59.0 Å². The lowest BCUT2D eigenvalue weighted by atomic mass is 10.1. The number of rotatable bonds is 1. The Morgan fingerprint density at radius 2 is 1.77 bits per heavy atom. The van der Waals surface area contributed by atoms with Crippen LogP contribution in [0.3, 0.4) is 0 Å². The van der Waals surface area contributed by atoms with E-state index in [4.69, 9.17) is 11.6 Å². The van der Waals surface area contributed by atoms with E-state index in [0.717, 1.165) is 39.2 Å². The van der Waals surface area contributed by atoms with Gasteiger partial charge in [0.25, 0.3) is 0 Å². The van der Waals surface area contributed by atoms with Gasteiger partial charge in [0.2, 0.25) is 0 Å². The molecule has 0 aliphatic heterocycles. The van der Waals surface area contributed by atoms with Crippen molar-refractivity contribution in [2.75, 3.05) is 0 Å². The predicted octanol–water partition coefficient (Wildman–Crippen LogP) is 4.21. The molecule has 0 N–H and O–H groups in total. The molecule has 0 aliphatic carbocycles. The lowest BCUT2D eigenvalue weighted by Gasteiger charge is -2.09. The third-order valence-corrected chi connectivity index (χ3v) is 4.01. The van der Waals surface area contributed by atoms with Gasteiger partial charge in [-0.25, -0.2) is 9.97 Å². The Balaban J connectivity index is 2.10. The summed E-state index contributed by atoms with van der Waals surface area (Å²) < 4.78 is 1.75. The van der Waals surface area contributed by atoms with Gasteiger partial charge in [0.1, 0.15) is 5.15 Å². The van der Waals surface area contributed by atoms with Crippen molar-refractivity contribution in [2.24, 2.45) is 0 Å². The highest BCUT2D eigenvalue weighted by Gasteiger charge is 2.13. The second-order valence-corrected chi connectivity index (χ2v) is 5.67. The Morgan fingerprint density at radius 3 is 2.55 bits per heavy atom. The molecule has 1 aromatic carbocycles. The minimum Gasteiger partial charge on any atom is -0.233 e. The third-order valence-electron chi connectivity index (χ3n) is 3.73. The molecule has 108 valence electrons. The van der Waals surface area contributed by atoms with Crippen molar-refractivity contribution in [3.8, 4) is 11.1 Å². The van der Waals surface area contributed by atoms with Gasteiger partial charge in [0, 0.05) is 17.0 Å². The van der Waals surface area contributed by atoms with Crippen LogP contribution in [0.15, 0.2) is 42.5 Å². The van der Waals surface area contributed by atoms with Gasteiger partial charge < -0.3 is 0 Å². The van der Waals surface area contributed by atoms with Gasteiger partial charge in [-0.15, -0.1) is 0 Å². The number of halogens is 1. The van der Waals surface area contributed by atoms with E-state index in [1.165, 1.54) is 0 Å². The molecule has 0 saturated heterocycles. The molecule has 0 spiro atoms. The molecule has 0 bridgehead atoms. The molecule has 3 aromatic heterocycles. The van der Waals surface area contributed by atoms with Crippen molar-refractivity contribution in [1.82, 2.24) is 19.6 Å². The number of hydrogen-bond acceptors (Lipinski definition) is 3. The summed E-state index contributed by atoms with van der Waals surface area (Å²) >= 11 is 6.42. The summed E-state index contributed by atoms with van der Waals surface area (Å²) in [6.45, 7) is 3.92. The molecule has 0 fully saturated rings. The van der Waals surface area contributed by atoms with Crippen molar-refractivity contribution in [1.29, 1.82) is 0 Å². The van der Waals surface area contributed by atoms with E-state index in [1.807, 2.05) is 56.3 Å². The van der Waals surface area contributed by atoms with E-state index in [2.05, 4.69) is 15.1 Å². The topological polar surface area (TPSA) is 43.1 Å². The number of nitrogens with zero attached hydrogens (tertiary/aromatic N) is 4. The number of aryl methyl sites for hydroxylation is 2. The number of aromatic nitrogens is 4. The second-order valence-electron chi connectivity index (χ2n) is 5.32. The average molecular weight is 309 g/mol. The normalized spacial score (nSPS) is 11.4. The highest BCUT2D eigenvalue weighted by Crippen LogP contribution is 2.30. The maximum Gasteiger partial charge on any atom is 0.166 e. The molecule has 0 amide bonds. The molecule has 4 nitrogen and oxygen atoms in total. The molecule has 0 atom stereocenters. The number of fused-ring (bicyclic) bond motifs is 3. The minimum atomic E-state index is 0.471. The Kier molecular flexibility index (Phi) is 2.87. The van der Waals surface area contributed by atoms with Crippen LogP contribution in [0.1, 0.15) is 11.4 Å². The number of pyridine rings is 1. The van der Waals surface area contributed by atoms with Crippen molar-refractivity contribution < 1.29 is 0 Å². The van der Waals surface area contributed by atoms with Crippen molar-refractivity contribution in [3.63, 3.8) is 0 Å². The third kappa shape index (κ3) is 1.96. The Bertz CT molecular complexity index is 1010. The molecule has 0 saturated carbocycles. The lowest BCUT2D eigenvalue weighted by Crippen LogP contribution is -2.00. The lowest BCUT2D eigenvalue weighted by molar-refractivity contribution is 0.934. The summed E-state index contributed by atoms with van der Waals surface area (Å²) in [5.41, 5.74) is 5.30. The largest absolute Gasteiger partial charge is 0.233 e. The quantitative estimate of drug-likeness (QED) is 0.495. The standard InChI is InChI=1S/C17H13ClN4/c1-10-8-15-19-11(2)13-9-14(12-6-4-3-5-7-12)16(18)20-17(13)22(15)21-10/h3-9H,1-2H3. The highest BCUT2D eigenvalue weighted by molar-refractivity contribution is 6.32. The van der Waals surface area contributed by atoms with Crippen LogP contribution in [0.5, 0.6) is 0 Å². The summed E-state index contributed by atoms with van der Waals surface area (Å²) in [4.78, 5) is 9.19. The first-order chi connectivity index (χ1) is 10.6. The fourth-order valence-electron chi connectivity index (χ4n) is 2.68. The zero-order valence-electron chi connectivity index (χ0n) is 12.2. The van der Waals surface area contributed by atoms with E-state index in [9.17, 15) is 0 Å². The van der Waals surface area contributed by atoms with Crippen LogP contribution < -0.4 is 0 Å². The SMILES string of the molecule is Cc1cc2nc(C)c3cc(-c4ccccc4)c(Cl)nc3n2n1. The maximum atomic E-state index is 6.42. The Hall–Kier alpha value is -2.46. The van der Waals surface area contributed by atoms with Crippen LogP contribution in [0.4, 0.5) is 0 Å². The summed E-state index contributed by atoms with van der Waals surface area (Å²) in [5, 5.41) is 5.89. The van der Waals surface area contributed by atoms with Gasteiger partial charge in [-0.2, -0.15) is 9.61 Å². The van der Waals surface area contributed by atoms with Gasteiger partial charge in [-0.05, 0) is 25.5 Å². The van der Waals surface area contributed by atoms with Gasteiger partial charge >= 0.3 is 0 Å². The van der Waals surface area contributed by atoms with Crippen LogP contribution in [-0.2, 0) is 0 Å². The monoisotopic (exact) mass is 308 g/mol. The van der Waals surface area contributed by atoms with Gasteiger partial charge in [0.15, 0.2) is 11.3 Å². The van der Waals surface area contributed by atoms with Crippen LogP contribution in [0.25, 0.3) is 27.8 Å². The summed E-state index contributed by atoms with van der Waals surface area (Å²) in [5.74, 6) is 0. The average Bonchev–Trinajstić information content (AvgIpc) is 2.88. The molecule has 0 radical (unpaired) electrons. The van der Waals surface area contributed by atoms with E-state index in [0.29, 0.717) is 5.15 Å². The Labute approximate surface area is 132 Å². The molecule has 0 unspecified atom stereocenters. The van der Waals surface area contributed by atoms with E-state index in [-0.39, 0.29) is 0 Å². The minimum absolute atomic E-state index is 0.471. The first-order valence-electron chi connectivity index (χ1n) is 7.02. The van der Waals surface area contributed by atoms with Crippen LogP contribution in [0.2, 0.25) is 5.15 Å². The molecule has 4 rings (SSSR count). The molecule has 5 heteroatoms. The fourth-order valence-corrected chi connectivity index (χ4v) is 2.93. The molecule has 22 heavy (non-hydrogen) atoms. The van der Waals surface area contributed by atoms with Gasteiger partial charge in [-0.1, -0.05) is 41.9 Å². The number of benzene rings is 1. The predicted molar refractivity (Wildman–Crippen MR) is 88.2 cm³/mol. The van der Waals surface area contributed by atoms with Crippen LogP contribution >= 0.6 is 11.6 Å². The van der Waals surface area contributed by atoms with Crippen molar-refractivity contribution in [2.45, 2.75) is 13.8 Å². The van der Waals surface area contributed by atoms with E-state index >= 15 is 0 Å². The summed E-state index contributed by atoms with van der Waals surface area (Å²) in [6.07, 6.45) is 0. The first-order valence-corrected chi connectivity index (χ1v) is 7.40. The highest BCUT2D eigenvalue weighted by atomic mass is 35.5. The summed E-state index contributed by atoms with van der Waals surface area (Å²) in [6, 6.07) is 14.0. The second kappa shape index (κ2) is 4.78. The fraction of sp³-hybridized carbons (Fsp3) is 0.118. The summed E-state index contributed by atoms with van der Waals surface area (Å²) in [7, 11) is 0. The van der Waals surface area contributed by atoms with E-state index in [1.54, 1.807) is 4.52 Å². The van der Waals surface area contributed by atoms with E-state index < -0.39 is 0 Å². The van der Waals surface area contributed by atoms with Gasteiger partial charge in [0.05, 0.1) is 11.4 Å². The molecular formula is C17H13ClN4. The molecule has 0 aliphatic rings. The van der Waals surface area contributed by atoms with Crippen LogP contribution in [0, 0.1) is 13.8 Å². The number of hydrogen-bond donors (Lipinski definition) is 0. The zero-order chi connectivity index (χ0) is 15.3. The molecule has 4 aromatic rings. The Morgan fingerprint density at radius 1 is 1.00 bits per heavy atom. The van der Waals surface area contributed by atoms with Gasteiger partial charge in [-0.3, -0.25) is 0 Å².